The number of benzene rings is 2. The Balaban J connectivity index is 1.94. The van der Waals surface area contributed by atoms with Gasteiger partial charge in [-0.25, -0.2) is 0 Å². The van der Waals surface area contributed by atoms with Crippen molar-refractivity contribution in [1.82, 2.24) is 4.90 Å². The molecule has 0 aromatic heterocycles. The first-order valence-electron chi connectivity index (χ1n) is 11.4. The van der Waals surface area contributed by atoms with Crippen LogP contribution in [0.15, 0.2) is 42.5 Å². The molecule has 0 radical (unpaired) electrons. The Labute approximate surface area is 184 Å². The van der Waals surface area contributed by atoms with Crippen molar-refractivity contribution in [3.8, 4) is 5.75 Å². The second-order valence-electron chi connectivity index (χ2n) is 8.41. The maximum atomic E-state index is 6.09. The molecule has 0 N–H and O–H groups in total. The molecule has 4 heteroatoms. The predicted molar refractivity (Wildman–Crippen MR) is 129 cm³/mol. The summed E-state index contributed by atoms with van der Waals surface area (Å²) in [4.78, 5) is 2.63. The number of hydrogen-bond donors (Lipinski definition) is 0. The standard InChI is InChI=1S/C26H38NO2P/c1-5-26(6-2,23-15-12-13-21(3)25(23)29-20-28-4)30-24-16-9-8-14-22(24)19-27-17-10-7-11-18-27/h8-9,12-16,30H,5-7,10-11,17-20H2,1-4H3. The highest BCUT2D eigenvalue weighted by molar-refractivity contribution is 7.48. The van der Waals surface area contributed by atoms with Crippen LogP contribution in [0.3, 0.4) is 0 Å². The van der Waals surface area contributed by atoms with Gasteiger partial charge >= 0.3 is 0 Å². The molecule has 30 heavy (non-hydrogen) atoms. The van der Waals surface area contributed by atoms with E-state index in [0.717, 1.165) is 25.1 Å². The Morgan fingerprint density at radius 3 is 2.40 bits per heavy atom. The number of rotatable bonds is 10. The predicted octanol–water partition coefficient (Wildman–Crippen LogP) is 5.98. The summed E-state index contributed by atoms with van der Waals surface area (Å²) in [5.74, 6) is 1.00. The number of piperidine rings is 1. The molecule has 1 aliphatic rings. The maximum Gasteiger partial charge on any atom is 0.188 e. The van der Waals surface area contributed by atoms with E-state index in [2.05, 4.69) is 68.1 Å². The quantitative estimate of drug-likeness (QED) is 0.344. The van der Waals surface area contributed by atoms with Gasteiger partial charge in [0.25, 0.3) is 0 Å². The summed E-state index contributed by atoms with van der Waals surface area (Å²) in [5, 5.41) is 1.58. The summed E-state index contributed by atoms with van der Waals surface area (Å²) in [7, 11) is 2.40. The largest absolute Gasteiger partial charge is 0.467 e. The molecule has 1 atom stereocenters. The Bertz CT molecular complexity index is 797. The third-order valence-electron chi connectivity index (χ3n) is 6.49. The van der Waals surface area contributed by atoms with E-state index in [1.807, 2.05) is 0 Å². The molecule has 1 unspecified atom stereocenters. The van der Waals surface area contributed by atoms with Gasteiger partial charge in [-0.05, 0) is 62.1 Å². The van der Waals surface area contributed by atoms with Crippen LogP contribution in [-0.4, -0.2) is 31.9 Å². The molecule has 1 saturated heterocycles. The van der Waals surface area contributed by atoms with E-state index in [0.29, 0.717) is 8.58 Å². The van der Waals surface area contributed by atoms with Crippen LogP contribution in [0.2, 0.25) is 0 Å². The highest BCUT2D eigenvalue weighted by Gasteiger charge is 2.33. The van der Waals surface area contributed by atoms with Crippen molar-refractivity contribution in [3.05, 3.63) is 59.2 Å². The van der Waals surface area contributed by atoms with Gasteiger partial charge in [0.2, 0.25) is 0 Å². The number of hydrogen-bond acceptors (Lipinski definition) is 3. The number of likely N-dealkylation sites (tertiary alicyclic amines) is 1. The molecule has 0 saturated carbocycles. The van der Waals surface area contributed by atoms with Gasteiger partial charge in [0, 0.05) is 24.4 Å². The molecule has 2 aromatic carbocycles. The van der Waals surface area contributed by atoms with E-state index in [9.17, 15) is 0 Å². The first kappa shape index (κ1) is 23.3. The van der Waals surface area contributed by atoms with Gasteiger partial charge in [-0.1, -0.05) is 71.3 Å². The van der Waals surface area contributed by atoms with E-state index in [-0.39, 0.29) is 11.9 Å². The van der Waals surface area contributed by atoms with Crippen LogP contribution in [-0.2, 0) is 16.4 Å². The summed E-state index contributed by atoms with van der Waals surface area (Å²) < 4.78 is 11.3. The third-order valence-corrected chi connectivity index (χ3v) is 8.70. The van der Waals surface area contributed by atoms with Gasteiger partial charge < -0.3 is 9.47 Å². The molecule has 0 bridgehead atoms. The van der Waals surface area contributed by atoms with Crippen LogP contribution >= 0.6 is 8.58 Å². The summed E-state index contributed by atoms with van der Waals surface area (Å²) >= 11 is 0. The van der Waals surface area contributed by atoms with Crippen LogP contribution in [0, 0.1) is 6.92 Å². The number of ether oxygens (including phenoxy) is 2. The van der Waals surface area contributed by atoms with Crippen LogP contribution in [0.1, 0.15) is 62.6 Å². The lowest BCUT2D eigenvalue weighted by molar-refractivity contribution is 0.0494. The van der Waals surface area contributed by atoms with Gasteiger partial charge in [-0.15, -0.1) is 0 Å². The molecule has 164 valence electrons. The number of methoxy groups -OCH3 is 1. The van der Waals surface area contributed by atoms with Crippen molar-refractivity contribution < 1.29 is 9.47 Å². The zero-order valence-electron chi connectivity index (χ0n) is 19.2. The fourth-order valence-corrected chi connectivity index (χ4v) is 6.31. The lowest BCUT2D eigenvalue weighted by atomic mass is 9.90. The average Bonchev–Trinajstić information content (AvgIpc) is 2.78. The molecule has 2 aromatic rings. The van der Waals surface area contributed by atoms with E-state index in [1.165, 1.54) is 54.3 Å². The zero-order valence-corrected chi connectivity index (χ0v) is 20.2. The fraction of sp³-hybridized carbons (Fsp3) is 0.538. The summed E-state index contributed by atoms with van der Waals surface area (Å²) in [6, 6.07) is 15.7. The van der Waals surface area contributed by atoms with Crippen LogP contribution in [0.25, 0.3) is 0 Å². The minimum Gasteiger partial charge on any atom is -0.467 e. The van der Waals surface area contributed by atoms with E-state index >= 15 is 0 Å². The zero-order chi connectivity index (χ0) is 21.4. The van der Waals surface area contributed by atoms with Crippen molar-refractivity contribution in [1.29, 1.82) is 0 Å². The Morgan fingerprint density at radius 1 is 0.967 bits per heavy atom. The van der Waals surface area contributed by atoms with Gasteiger partial charge in [0.1, 0.15) is 5.75 Å². The molecule has 0 aliphatic carbocycles. The van der Waals surface area contributed by atoms with Crippen molar-refractivity contribution in [3.63, 3.8) is 0 Å². The van der Waals surface area contributed by atoms with Crippen molar-refractivity contribution in [2.24, 2.45) is 0 Å². The monoisotopic (exact) mass is 427 g/mol. The summed E-state index contributed by atoms with van der Waals surface area (Å²) in [6.07, 6.45) is 6.23. The van der Waals surface area contributed by atoms with Gasteiger partial charge in [0.15, 0.2) is 6.79 Å². The topological polar surface area (TPSA) is 21.7 Å². The third kappa shape index (κ3) is 5.44. The SMILES string of the molecule is CCC(CC)(Pc1ccccc1CN1CCCCC1)c1cccc(C)c1OCOC. The smallest absolute Gasteiger partial charge is 0.188 e. The second kappa shape index (κ2) is 11.3. The lowest BCUT2D eigenvalue weighted by Gasteiger charge is -2.36. The summed E-state index contributed by atoms with van der Waals surface area (Å²) in [5.41, 5.74) is 4.01. The normalized spacial score (nSPS) is 15.7. The minimum absolute atomic E-state index is 0.0765. The van der Waals surface area contributed by atoms with Crippen LogP contribution in [0.4, 0.5) is 0 Å². The van der Waals surface area contributed by atoms with Crippen molar-refractivity contribution in [2.45, 2.75) is 64.6 Å². The number of nitrogens with zero attached hydrogens (tertiary/aromatic N) is 1. The highest BCUT2D eigenvalue weighted by atomic mass is 31.1. The van der Waals surface area contributed by atoms with E-state index < -0.39 is 0 Å². The van der Waals surface area contributed by atoms with Crippen molar-refractivity contribution in [2.75, 3.05) is 27.0 Å². The van der Waals surface area contributed by atoms with Gasteiger partial charge in [0.05, 0.1) is 0 Å². The molecule has 1 heterocycles. The second-order valence-corrected chi connectivity index (χ2v) is 10.2. The molecule has 0 spiro atoms. The van der Waals surface area contributed by atoms with E-state index in [4.69, 9.17) is 9.47 Å². The fourth-order valence-electron chi connectivity index (χ4n) is 4.61. The molecular formula is C26H38NO2P. The van der Waals surface area contributed by atoms with Crippen LogP contribution in [0.5, 0.6) is 5.75 Å². The molecular weight excluding hydrogens is 389 g/mol. The van der Waals surface area contributed by atoms with Crippen LogP contribution < -0.4 is 10.0 Å². The number of para-hydroxylation sites is 1. The maximum absolute atomic E-state index is 6.09. The Hall–Kier alpha value is -1.41. The van der Waals surface area contributed by atoms with E-state index in [1.54, 1.807) is 7.11 Å². The first-order chi connectivity index (χ1) is 14.6. The minimum atomic E-state index is 0.0765. The molecule has 3 nitrogen and oxygen atoms in total. The Morgan fingerprint density at radius 2 is 1.70 bits per heavy atom. The Kier molecular flexibility index (Phi) is 8.74. The lowest BCUT2D eigenvalue weighted by Crippen LogP contribution is -2.31. The molecule has 1 aliphatic heterocycles. The molecule has 3 rings (SSSR count). The summed E-state index contributed by atoms with van der Waals surface area (Å²) in [6.45, 7) is 10.6. The van der Waals surface area contributed by atoms with Gasteiger partial charge in [-0.2, -0.15) is 0 Å². The van der Waals surface area contributed by atoms with Crippen molar-refractivity contribution >= 4 is 13.9 Å². The number of aryl methyl sites for hydroxylation is 1. The first-order valence-corrected chi connectivity index (χ1v) is 12.4. The molecule has 0 amide bonds. The highest BCUT2D eigenvalue weighted by Crippen LogP contribution is 2.51. The molecule has 1 fully saturated rings. The average molecular weight is 428 g/mol. The van der Waals surface area contributed by atoms with Gasteiger partial charge in [-0.3, -0.25) is 4.90 Å².